The lowest BCUT2D eigenvalue weighted by atomic mass is 9.98. The van der Waals surface area contributed by atoms with Crippen molar-refractivity contribution in [1.29, 1.82) is 0 Å². The maximum atomic E-state index is 12.5. The number of phenols is 2. The van der Waals surface area contributed by atoms with E-state index in [4.69, 9.17) is 18.9 Å². The maximum Gasteiger partial charge on any atom is 0.229 e. The number of aliphatic hydroxyl groups is 6. The molecule has 0 unspecified atom stereocenters. The van der Waals surface area contributed by atoms with Gasteiger partial charge in [-0.05, 0) is 35.9 Å². The minimum absolute atomic E-state index is 0.0265. The van der Waals surface area contributed by atoms with Crippen LogP contribution in [-0.4, -0.2) is 115 Å². The summed E-state index contributed by atoms with van der Waals surface area (Å²) in [6.45, 7) is -1.97. The third kappa shape index (κ3) is 6.22. The van der Waals surface area contributed by atoms with E-state index in [1.807, 2.05) is 0 Å². The minimum Gasteiger partial charge on any atom is -0.508 e. The van der Waals surface area contributed by atoms with Crippen LogP contribution in [0.5, 0.6) is 17.2 Å². The standard InChI is InChI=1S/C26H30O13/c27-10-19-22(39-25-23(34)26(35,11-28)12-36-25)20(32)21(33)24(38-19)37-15-6-7-16(18(31)9-15)17(30)8-3-13-1-4-14(29)5-2-13/h1-9,19-25,27-29,31-35H,10-12H2/t19-,20-,21-,22-,23+,24+,25+,26-/m1/s1. The molecule has 0 saturated carbocycles. The highest BCUT2D eigenvalue weighted by atomic mass is 16.7. The van der Waals surface area contributed by atoms with Crippen LogP contribution in [-0.2, 0) is 14.2 Å². The molecule has 2 aliphatic heterocycles. The molecule has 2 aliphatic rings. The van der Waals surface area contributed by atoms with Crippen molar-refractivity contribution >= 4 is 11.9 Å². The van der Waals surface area contributed by atoms with Gasteiger partial charge in [0, 0.05) is 6.07 Å². The van der Waals surface area contributed by atoms with Crippen LogP contribution in [0.25, 0.3) is 6.08 Å². The normalized spacial score (nSPS) is 32.9. The monoisotopic (exact) mass is 550 g/mol. The van der Waals surface area contributed by atoms with Crippen molar-refractivity contribution in [1.82, 2.24) is 0 Å². The van der Waals surface area contributed by atoms with E-state index < -0.39 is 80.1 Å². The molecule has 0 bridgehead atoms. The Hall–Kier alpha value is -3.11. The number of allylic oxidation sites excluding steroid dienone is 1. The summed E-state index contributed by atoms with van der Waals surface area (Å²) in [7, 11) is 0. The fourth-order valence-corrected chi connectivity index (χ4v) is 4.16. The minimum atomic E-state index is -1.99. The Labute approximate surface area is 222 Å². The van der Waals surface area contributed by atoms with Gasteiger partial charge in [-0.25, -0.2) is 0 Å². The van der Waals surface area contributed by atoms with Crippen LogP contribution in [0.1, 0.15) is 15.9 Å². The number of carbonyl (C=O) groups excluding carboxylic acids is 1. The zero-order valence-corrected chi connectivity index (χ0v) is 20.5. The quantitative estimate of drug-likeness (QED) is 0.134. The largest absolute Gasteiger partial charge is 0.508 e. The molecule has 2 aromatic rings. The predicted molar refractivity (Wildman–Crippen MR) is 131 cm³/mol. The molecule has 2 saturated heterocycles. The molecule has 0 spiro atoms. The van der Waals surface area contributed by atoms with Crippen molar-refractivity contribution in [3.8, 4) is 17.2 Å². The number of rotatable bonds is 9. The number of carbonyl (C=O) groups is 1. The lowest BCUT2D eigenvalue weighted by Gasteiger charge is -2.42. The van der Waals surface area contributed by atoms with Gasteiger partial charge in [0.25, 0.3) is 0 Å². The van der Waals surface area contributed by atoms with Crippen molar-refractivity contribution in [3.63, 3.8) is 0 Å². The van der Waals surface area contributed by atoms with Crippen LogP contribution in [0, 0.1) is 0 Å². The average molecular weight is 551 g/mol. The third-order valence-electron chi connectivity index (χ3n) is 6.50. The highest BCUT2D eigenvalue weighted by Crippen LogP contribution is 2.32. The lowest BCUT2D eigenvalue weighted by Crippen LogP contribution is -2.62. The van der Waals surface area contributed by atoms with Crippen LogP contribution < -0.4 is 4.74 Å². The molecular formula is C26H30O13. The Balaban J connectivity index is 1.41. The van der Waals surface area contributed by atoms with Gasteiger partial charge < -0.3 is 59.8 Å². The van der Waals surface area contributed by atoms with Gasteiger partial charge in [0.1, 0.15) is 53.4 Å². The number of ether oxygens (including phenoxy) is 4. The maximum absolute atomic E-state index is 12.5. The first kappa shape index (κ1) is 28.9. The first-order valence-corrected chi connectivity index (χ1v) is 12.0. The van der Waals surface area contributed by atoms with Crippen LogP contribution in [0.15, 0.2) is 48.5 Å². The summed E-state index contributed by atoms with van der Waals surface area (Å²) in [5.74, 6) is -0.887. The number of aromatic hydroxyl groups is 2. The van der Waals surface area contributed by atoms with Gasteiger partial charge in [-0.3, -0.25) is 4.79 Å². The number of benzene rings is 2. The summed E-state index contributed by atoms with van der Waals surface area (Å²) < 4.78 is 21.7. The van der Waals surface area contributed by atoms with Crippen LogP contribution in [0.3, 0.4) is 0 Å². The van der Waals surface area contributed by atoms with Crippen molar-refractivity contribution in [2.45, 2.75) is 48.7 Å². The van der Waals surface area contributed by atoms with Crippen molar-refractivity contribution < 1.29 is 64.6 Å². The number of ketones is 1. The molecule has 8 atom stereocenters. The highest BCUT2D eigenvalue weighted by molar-refractivity contribution is 6.08. The summed E-state index contributed by atoms with van der Waals surface area (Å²) in [6.07, 6.45) is -8.09. The molecule has 13 heteroatoms. The van der Waals surface area contributed by atoms with E-state index in [-0.39, 0.29) is 17.1 Å². The molecular weight excluding hydrogens is 520 g/mol. The van der Waals surface area contributed by atoms with Gasteiger partial charge in [0.15, 0.2) is 12.1 Å². The first-order valence-electron chi connectivity index (χ1n) is 12.0. The first-order chi connectivity index (χ1) is 18.6. The fourth-order valence-electron chi connectivity index (χ4n) is 4.16. The van der Waals surface area contributed by atoms with Gasteiger partial charge in [-0.15, -0.1) is 0 Å². The third-order valence-corrected chi connectivity index (χ3v) is 6.50. The van der Waals surface area contributed by atoms with Crippen molar-refractivity contribution in [2.24, 2.45) is 0 Å². The topological polar surface area (TPSA) is 216 Å². The van der Waals surface area contributed by atoms with E-state index in [1.54, 1.807) is 12.1 Å². The van der Waals surface area contributed by atoms with E-state index in [0.29, 0.717) is 5.56 Å². The highest BCUT2D eigenvalue weighted by Gasteiger charge is 2.53. The Morgan fingerprint density at radius 2 is 1.74 bits per heavy atom. The van der Waals surface area contributed by atoms with E-state index in [1.165, 1.54) is 36.4 Å². The zero-order chi connectivity index (χ0) is 28.3. The summed E-state index contributed by atoms with van der Waals surface area (Å²) in [4.78, 5) is 12.5. The van der Waals surface area contributed by atoms with Crippen LogP contribution >= 0.6 is 0 Å². The second kappa shape index (κ2) is 12.0. The molecule has 212 valence electrons. The molecule has 2 heterocycles. The molecule has 2 fully saturated rings. The van der Waals surface area contributed by atoms with Gasteiger partial charge in [-0.2, -0.15) is 0 Å². The van der Waals surface area contributed by atoms with Gasteiger partial charge in [-0.1, -0.05) is 18.2 Å². The Morgan fingerprint density at radius 3 is 2.36 bits per heavy atom. The smallest absolute Gasteiger partial charge is 0.229 e. The predicted octanol–water partition coefficient (Wildman–Crippen LogP) is -1.36. The molecule has 8 N–H and O–H groups in total. The zero-order valence-electron chi connectivity index (χ0n) is 20.5. The molecule has 2 aromatic carbocycles. The summed E-state index contributed by atoms with van der Waals surface area (Å²) in [6, 6.07) is 9.86. The van der Waals surface area contributed by atoms with Gasteiger partial charge in [0.2, 0.25) is 6.29 Å². The molecule has 0 aliphatic carbocycles. The Morgan fingerprint density at radius 1 is 1.03 bits per heavy atom. The van der Waals surface area contributed by atoms with Crippen LogP contribution in [0.2, 0.25) is 0 Å². The molecule has 0 radical (unpaired) electrons. The SMILES string of the molecule is O=C(C=Cc1ccc(O)cc1)c1ccc(O[C@H]2O[C@H](CO)[C@@H](O[C@@H]3OC[C@](O)(CO)[C@H]3O)[C@H](O)[C@H]2O)cc1O. The molecule has 13 nitrogen and oxygen atoms in total. The number of hydrogen-bond acceptors (Lipinski definition) is 13. The molecule has 0 amide bonds. The van der Waals surface area contributed by atoms with Gasteiger partial charge >= 0.3 is 0 Å². The number of hydrogen-bond donors (Lipinski definition) is 8. The Bertz CT molecular complexity index is 1170. The van der Waals surface area contributed by atoms with E-state index in [2.05, 4.69) is 0 Å². The number of aliphatic hydroxyl groups excluding tert-OH is 5. The van der Waals surface area contributed by atoms with Crippen LogP contribution in [0.4, 0.5) is 0 Å². The van der Waals surface area contributed by atoms with Crippen molar-refractivity contribution in [3.05, 3.63) is 59.7 Å². The second-order valence-electron chi connectivity index (χ2n) is 9.28. The molecule has 4 rings (SSSR count). The van der Waals surface area contributed by atoms with E-state index in [9.17, 15) is 45.6 Å². The second-order valence-corrected chi connectivity index (χ2v) is 9.28. The average Bonchev–Trinajstić information content (AvgIpc) is 3.21. The van der Waals surface area contributed by atoms with Crippen molar-refractivity contribution in [2.75, 3.05) is 19.8 Å². The summed E-state index contributed by atoms with van der Waals surface area (Å²) >= 11 is 0. The van der Waals surface area contributed by atoms with E-state index >= 15 is 0 Å². The molecule has 39 heavy (non-hydrogen) atoms. The summed E-state index contributed by atoms with van der Waals surface area (Å²) in [5, 5.41) is 80.3. The summed E-state index contributed by atoms with van der Waals surface area (Å²) in [5.41, 5.74) is -1.37. The fraction of sp³-hybridized carbons (Fsp3) is 0.423. The molecule has 0 aromatic heterocycles. The Kier molecular flexibility index (Phi) is 8.86. The number of phenolic OH excluding ortho intramolecular Hbond substituents is 2. The van der Waals surface area contributed by atoms with Gasteiger partial charge in [0.05, 0.1) is 25.4 Å². The van der Waals surface area contributed by atoms with E-state index in [0.717, 1.165) is 6.07 Å². The lowest BCUT2D eigenvalue weighted by molar-refractivity contribution is -0.313.